The van der Waals surface area contributed by atoms with Crippen molar-refractivity contribution in [3.63, 3.8) is 0 Å². The number of nitrogens with two attached hydrogens (primary N) is 1. The lowest BCUT2D eigenvalue weighted by atomic mass is 10.1. The van der Waals surface area contributed by atoms with Crippen molar-refractivity contribution >= 4 is 11.5 Å². The molecule has 2 heterocycles. The highest BCUT2D eigenvalue weighted by molar-refractivity contribution is 5.72. The minimum atomic E-state index is -0.830. The van der Waals surface area contributed by atoms with Gasteiger partial charge in [0.1, 0.15) is 5.82 Å². The lowest BCUT2D eigenvalue weighted by molar-refractivity contribution is 0.105. The summed E-state index contributed by atoms with van der Waals surface area (Å²) < 4.78 is 0. The first-order valence-electron chi connectivity index (χ1n) is 5.89. The topological polar surface area (TPSA) is 104 Å². The van der Waals surface area contributed by atoms with E-state index in [4.69, 9.17) is 10.8 Å². The number of hydrogen-bond donors (Lipinski definition) is 4. The summed E-state index contributed by atoms with van der Waals surface area (Å²) in [5.41, 5.74) is 8.27. The van der Waals surface area contributed by atoms with E-state index in [2.05, 4.69) is 15.3 Å². The molecule has 2 aromatic rings. The van der Waals surface area contributed by atoms with Gasteiger partial charge in [0, 0.05) is 30.7 Å². The molecule has 100 valence electrons. The van der Waals surface area contributed by atoms with Gasteiger partial charge in [-0.1, -0.05) is 0 Å². The average Bonchev–Trinajstić information content (AvgIpc) is 2.47. The predicted octanol–water partition coefficient (Wildman–Crippen LogP) is 0.491. The Morgan fingerprint density at radius 3 is 2.68 bits per heavy atom. The summed E-state index contributed by atoms with van der Waals surface area (Å²) in [6, 6.07) is 5.60. The molecule has 0 radical (unpaired) electrons. The van der Waals surface area contributed by atoms with E-state index in [9.17, 15) is 5.11 Å². The molecule has 0 bridgehead atoms. The van der Waals surface area contributed by atoms with Crippen molar-refractivity contribution in [1.82, 2.24) is 9.97 Å². The van der Waals surface area contributed by atoms with Crippen LogP contribution in [0.15, 0.2) is 36.8 Å². The van der Waals surface area contributed by atoms with Crippen molar-refractivity contribution < 1.29 is 10.2 Å². The van der Waals surface area contributed by atoms with Gasteiger partial charge in [0.2, 0.25) is 0 Å². The molecule has 6 nitrogen and oxygen atoms in total. The number of aliphatic hydroxyl groups is 2. The zero-order chi connectivity index (χ0) is 13.7. The molecule has 1 atom stereocenters. The van der Waals surface area contributed by atoms with Crippen LogP contribution in [0.4, 0.5) is 11.5 Å². The number of aliphatic hydroxyl groups excluding tert-OH is 2. The van der Waals surface area contributed by atoms with E-state index in [1.807, 2.05) is 18.2 Å². The van der Waals surface area contributed by atoms with Crippen LogP contribution in [0.1, 0.15) is 0 Å². The van der Waals surface area contributed by atoms with Crippen molar-refractivity contribution in [2.24, 2.45) is 0 Å². The Kier molecular flexibility index (Phi) is 4.27. The monoisotopic (exact) mass is 260 g/mol. The zero-order valence-corrected chi connectivity index (χ0v) is 10.3. The van der Waals surface area contributed by atoms with Gasteiger partial charge < -0.3 is 21.3 Å². The summed E-state index contributed by atoms with van der Waals surface area (Å²) in [6.45, 7) is -0.0907. The molecule has 5 N–H and O–H groups in total. The summed E-state index contributed by atoms with van der Waals surface area (Å²) in [5, 5.41) is 21.0. The van der Waals surface area contributed by atoms with Crippen LogP contribution < -0.4 is 11.1 Å². The maximum absolute atomic E-state index is 9.31. The van der Waals surface area contributed by atoms with E-state index < -0.39 is 6.10 Å². The largest absolute Gasteiger partial charge is 0.394 e. The van der Waals surface area contributed by atoms with Gasteiger partial charge in [0.25, 0.3) is 0 Å². The van der Waals surface area contributed by atoms with Gasteiger partial charge in [0.15, 0.2) is 0 Å². The van der Waals surface area contributed by atoms with E-state index in [1.54, 1.807) is 18.6 Å². The van der Waals surface area contributed by atoms with Gasteiger partial charge in [-0.3, -0.25) is 4.98 Å². The van der Waals surface area contributed by atoms with Crippen LogP contribution in [-0.2, 0) is 0 Å². The van der Waals surface area contributed by atoms with Crippen LogP contribution in [0.2, 0.25) is 0 Å². The van der Waals surface area contributed by atoms with Crippen molar-refractivity contribution in [2.75, 3.05) is 24.2 Å². The summed E-state index contributed by atoms with van der Waals surface area (Å²) >= 11 is 0. The number of pyridine rings is 2. The van der Waals surface area contributed by atoms with Crippen molar-refractivity contribution in [3.8, 4) is 11.1 Å². The number of rotatable bonds is 5. The second-order valence-electron chi connectivity index (χ2n) is 4.11. The Labute approximate surface area is 111 Å². The third kappa shape index (κ3) is 3.40. The molecule has 0 amide bonds. The molecule has 19 heavy (non-hydrogen) atoms. The summed E-state index contributed by atoms with van der Waals surface area (Å²) in [4.78, 5) is 8.07. The Bertz CT molecular complexity index is 533. The van der Waals surface area contributed by atoms with Gasteiger partial charge in [0.05, 0.1) is 18.4 Å². The fraction of sp³-hybridized carbons (Fsp3) is 0.231. The standard InChI is InChI=1S/C13H16N4O2/c14-13-12(16-7-11(19)8-18)5-10(6-17-13)9-1-3-15-4-2-9/h1-6,11,16,18-19H,7-8H2,(H2,14,17). The molecule has 1 unspecified atom stereocenters. The molecule has 0 aliphatic carbocycles. The molecular formula is C13H16N4O2. The Balaban J connectivity index is 2.20. The quantitative estimate of drug-likeness (QED) is 0.623. The van der Waals surface area contributed by atoms with Crippen LogP contribution in [0.5, 0.6) is 0 Å². The van der Waals surface area contributed by atoms with Gasteiger partial charge in [-0.05, 0) is 23.8 Å². The number of nitrogen functional groups attached to an aromatic ring is 1. The third-order valence-corrected chi connectivity index (χ3v) is 2.67. The first-order chi connectivity index (χ1) is 9.20. The SMILES string of the molecule is Nc1ncc(-c2ccncc2)cc1NCC(O)CO. The normalized spacial score (nSPS) is 12.1. The van der Waals surface area contributed by atoms with Gasteiger partial charge >= 0.3 is 0 Å². The number of nitrogens with one attached hydrogen (secondary N) is 1. The molecular weight excluding hydrogens is 244 g/mol. The second-order valence-corrected chi connectivity index (χ2v) is 4.11. The molecule has 0 aliphatic heterocycles. The highest BCUT2D eigenvalue weighted by Gasteiger charge is 2.07. The number of anilines is 2. The van der Waals surface area contributed by atoms with E-state index >= 15 is 0 Å². The van der Waals surface area contributed by atoms with E-state index in [1.165, 1.54) is 0 Å². The predicted molar refractivity (Wildman–Crippen MR) is 73.5 cm³/mol. The molecule has 0 spiro atoms. The summed E-state index contributed by atoms with van der Waals surface area (Å²) in [5.74, 6) is 0.350. The lowest BCUT2D eigenvalue weighted by Crippen LogP contribution is -2.23. The van der Waals surface area contributed by atoms with Crippen molar-refractivity contribution in [2.45, 2.75) is 6.10 Å². The molecule has 0 aliphatic rings. The average molecular weight is 260 g/mol. The fourth-order valence-electron chi connectivity index (χ4n) is 1.61. The zero-order valence-electron chi connectivity index (χ0n) is 10.3. The molecule has 2 rings (SSSR count). The smallest absolute Gasteiger partial charge is 0.146 e. The molecule has 0 saturated carbocycles. The highest BCUT2D eigenvalue weighted by atomic mass is 16.3. The lowest BCUT2D eigenvalue weighted by Gasteiger charge is -2.13. The van der Waals surface area contributed by atoms with E-state index in [0.717, 1.165) is 11.1 Å². The number of hydrogen-bond acceptors (Lipinski definition) is 6. The summed E-state index contributed by atoms with van der Waals surface area (Å²) in [7, 11) is 0. The minimum Gasteiger partial charge on any atom is -0.394 e. The molecule has 0 saturated heterocycles. The van der Waals surface area contributed by atoms with Crippen LogP contribution in [0.3, 0.4) is 0 Å². The fourth-order valence-corrected chi connectivity index (χ4v) is 1.61. The molecule has 0 aromatic carbocycles. The molecule has 0 fully saturated rings. The van der Waals surface area contributed by atoms with Gasteiger partial charge in [-0.25, -0.2) is 4.98 Å². The van der Waals surface area contributed by atoms with Crippen LogP contribution in [-0.4, -0.2) is 39.4 Å². The maximum atomic E-state index is 9.31. The molecule has 2 aromatic heterocycles. The second kappa shape index (κ2) is 6.12. The van der Waals surface area contributed by atoms with Crippen LogP contribution in [0.25, 0.3) is 11.1 Å². The van der Waals surface area contributed by atoms with E-state index in [0.29, 0.717) is 11.5 Å². The summed E-state index contributed by atoms with van der Waals surface area (Å²) in [6.07, 6.45) is 4.25. The van der Waals surface area contributed by atoms with Crippen molar-refractivity contribution in [1.29, 1.82) is 0 Å². The third-order valence-electron chi connectivity index (χ3n) is 2.67. The minimum absolute atomic E-state index is 0.210. The first-order valence-corrected chi connectivity index (χ1v) is 5.89. The Hall–Kier alpha value is -2.18. The van der Waals surface area contributed by atoms with Crippen LogP contribution in [0, 0.1) is 0 Å². The van der Waals surface area contributed by atoms with Crippen molar-refractivity contribution in [3.05, 3.63) is 36.8 Å². The van der Waals surface area contributed by atoms with Gasteiger partial charge in [-0.15, -0.1) is 0 Å². The Morgan fingerprint density at radius 1 is 1.26 bits per heavy atom. The first kappa shape index (κ1) is 13.3. The molecule has 6 heteroatoms. The number of nitrogens with zero attached hydrogens (tertiary/aromatic N) is 2. The van der Waals surface area contributed by atoms with Crippen LogP contribution >= 0.6 is 0 Å². The van der Waals surface area contributed by atoms with Gasteiger partial charge in [-0.2, -0.15) is 0 Å². The number of aromatic nitrogens is 2. The van der Waals surface area contributed by atoms with E-state index in [-0.39, 0.29) is 13.2 Å². The Morgan fingerprint density at radius 2 is 2.00 bits per heavy atom. The maximum Gasteiger partial charge on any atom is 0.146 e. The highest BCUT2D eigenvalue weighted by Crippen LogP contribution is 2.24.